The maximum absolute atomic E-state index is 10.8. The van der Waals surface area contributed by atoms with Crippen LogP contribution in [0.3, 0.4) is 0 Å². The average Bonchev–Trinajstić information content (AvgIpc) is 2.34. The van der Waals surface area contributed by atoms with Crippen LogP contribution < -0.4 is 5.32 Å². The number of amides is 1. The number of hydrogen-bond acceptors (Lipinski definition) is 3. The van der Waals surface area contributed by atoms with Gasteiger partial charge in [0.25, 0.3) is 0 Å². The van der Waals surface area contributed by atoms with Gasteiger partial charge in [0.05, 0.1) is 0 Å². The Balaban J connectivity index is 2.74. The molecule has 68 valence electrons. The first-order valence-corrected chi connectivity index (χ1v) is 4.72. The van der Waals surface area contributed by atoms with Gasteiger partial charge in [-0.25, -0.2) is 4.79 Å². The van der Waals surface area contributed by atoms with E-state index in [4.69, 9.17) is 5.11 Å². The van der Waals surface area contributed by atoms with Gasteiger partial charge in [-0.05, 0) is 6.42 Å². The van der Waals surface area contributed by atoms with Crippen LogP contribution in [0, 0.1) is 0 Å². The highest BCUT2D eigenvalue weighted by molar-refractivity contribution is 8.00. The van der Waals surface area contributed by atoms with Gasteiger partial charge in [0.2, 0.25) is 6.41 Å². The van der Waals surface area contributed by atoms with Crippen LogP contribution in [0.15, 0.2) is 0 Å². The Morgan fingerprint density at radius 1 is 1.83 bits per heavy atom. The number of carboxylic acids is 1. The van der Waals surface area contributed by atoms with Gasteiger partial charge < -0.3 is 10.4 Å². The molecule has 0 radical (unpaired) electrons. The van der Waals surface area contributed by atoms with Crippen LogP contribution in [0.4, 0.5) is 0 Å². The molecule has 0 saturated carbocycles. The molecule has 1 rings (SSSR count). The third-order valence-electron chi connectivity index (χ3n) is 1.99. The smallest absolute Gasteiger partial charge is 0.330 e. The number of nitrogens with one attached hydrogen (secondary N) is 1. The fraction of sp³-hybridized carbons (Fsp3) is 0.714. The second-order valence-corrected chi connectivity index (χ2v) is 4.40. The second-order valence-electron chi connectivity index (χ2n) is 2.98. The molecule has 1 heterocycles. The zero-order valence-corrected chi connectivity index (χ0v) is 7.56. The van der Waals surface area contributed by atoms with E-state index in [1.54, 1.807) is 11.8 Å². The normalized spacial score (nSPS) is 34.6. The number of carbonyl (C=O) groups excluding carboxylic acids is 1. The number of thioether (sulfide) groups is 1. The molecule has 2 atom stereocenters. The largest absolute Gasteiger partial charge is 0.479 e. The van der Waals surface area contributed by atoms with Crippen LogP contribution in [0.25, 0.3) is 0 Å². The van der Waals surface area contributed by atoms with Crippen LogP contribution >= 0.6 is 11.8 Å². The minimum Gasteiger partial charge on any atom is -0.479 e. The topological polar surface area (TPSA) is 66.4 Å². The van der Waals surface area contributed by atoms with Gasteiger partial charge in [0.15, 0.2) is 0 Å². The second kappa shape index (κ2) is 3.35. The fourth-order valence-corrected chi connectivity index (χ4v) is 2.61. The minimum absolute atomic E-state index is 0.300. The van der Waals surface area contributed by atoms with Crippen molar-refractivity contribution in [3.05, 3.63) is 0 Å². The molecule has 12 heavy (non-hydrogen) atoms. The molecule has 1 saturated heterocycles. The maximum atomic E-state index is 10.8. The van der Waals surface area contributed by atoms with E-state index in [-0.39, 0.29) is 0 Å². The molecule has 0 aliphatic carbocycles. The Morgan fingerprint density at radius 3 is 2.83 bits per heavy atom. The van der Waals surface area contributed by atoms with Crippen LogP contribution in [0.1, 0.15) is 13.3 Å². The molecule has 4 nitrogen and oxygen atoms in total. The summed E-state index contributed by atoms with van der Waals surface area (Å²) in [6.07, 6.45) is 0.971. The van der Waals surface area contributed by atoms with Crippen molar-refractivity contribution in [2.45, 2.75) is 24.1 Å². The van der Waals surface area contributed by atoms with Crippen molar-refractivity contribution in [1.82, 2.24) is 5.32 Å². The molecule has 0 aromatic carbocycles. The van der Waals surface area contributed by atoms with E-state index in [0.29, 0.717) is 23.8 Å². The standard InChI is InChI=1S/C7H11NO3S/c1-5-2-7(3-12-5,6(10)11)8-4-9/h4-5H,2-3H2,1H3,(H,8,9)(H,10,11). The van der Waals surface area contributed by atoms with Crippen molar-refractivity contribution in [1.29, 1.82) is 0 Å². The Morgan fingerprint density at radius 2 is 2.50 bits per heavy atom. The molecule has 2 N–H and O–H groups in total. The molecular weight excluding hydrogens is 178 g/mol. The zero-order valence-electron chi connectivity index (χ0n) is 6.74. The minimum atomic E-state index is -1.02. The summed E-state index contributed by atoms with van der Waals surface area (Å²) >= 11 is 1.57. The Bertz CT molecular complexity index is 209. The highest BCUT2D eigenvalue weighted by Crippen LogP contribution is 2.34. The van der Waals surface area contributed by atoms with Gasteiger partial charge >= 0.3 is 5.97 Å². The molecule has 0 spiro atoms. The Hall–Kier alpha value is -0.710. The molecular formula is C7H11NO3S. The molecule has 0 aromatic rings. The summed E-state index contributed by atoms with van der Waals surface area (Å²) < 4.78 is 0. The summed E-state index contributed by atoms with van der Waals surface area (Å²) in [4.78, 5) is 21.0. The van der Waals surface area contributed by atoms with E-state index < -0.39 is 11.5 Å². The van der Waals surface area contributed by atoms with Gasteiger partial charge in [-0.3, -0.25) is 4.79 Å². The number of hydrogen-bond donors (Lipinski definition) is 2. The van der Waals surface area contributed by atoms with Crippen LogP contribution in [0.2, 0.25) is 0 Å². The van der Waals surface area contributed by atoms with Crippen molar-refractivity contribution in [3.8, 4) is 0 Å². The molecule has 5 heteroatoms. The summed E-state index contributed by atoms with van der Waals surface area (Å²) in [5, 5.41) is 11.6. The lowest BCUT2D eigenvalue weighted by Gasteiger charge is -2.21. The van der Waals surface area contributed by atoms with E-state index >= 15 is 0 Å². The number of carboxylic acid groups (broad SMARTS) is 1. The van der Waals surface area contributed by atoms with E-state index in [0.717, 1.165) is 0 Å². The first-order chi connectivity index (χ1) is 5.60. The third-order valence-corrected chi connectivity index (χ3v) is 3.39. The van der Waals surface area contributed by atoms with Crippen molar-refractivity contribution in [2.75, 3.05) is 5.75 Å². The lowest BCUT2D eigenvalue weighted by atomic mass is 9.97. The molecule has 2 unspecified atom stereocenters. The van der Waals surface area contributed by atoms with Crippen molar-refractivity contribution >= 4 is 24.1 Å². The Labute approximate surface area is 74.7 Å². The van der Waals surface area contributed by atoms with Crippen molar-refractivity contribution < 1.29 is 14.7 Å². The van der Waals surface area contributed by atoms with Crippen molar-refractivity contribution in [3.63, 3.8) is 0 Å². The van der Waals surface area contributed by atoms with Crippen LogP contribution in [-0.4, -0.2) is 34.0 Å². The van der Waals surface area contributed by atoms with Gasteiger partial charge in [0, 0.05) is 11.0 Å². The fourth-order valence-electron chi connectivity index (χ4n) is 1.32. The lowest BCUT2D eigenvalue weighted by Crippen LogP contribution is -2.52. The molecule has 0 aromatic heterocycles. The quantitative estimate of drug-likeness (QED) is 0.617. The van der Waals surface area contributed by atoms with E-state index in [1.165, 1.54) is 0 Å². The molecule has 0 bridgehead atoms. The maximum Gasteiger partial charge on any atom is 0.330 e. The average molecular weight is 189 g/mol. The van der Waals surface area contributed by atoms with E-state index in [9.17, 15) is 9.59 Å². The predicted octanol–water partition coefficient (Wildman–Crippen LogP) is 0.0812. The van der Waals surface area contributed by atoms with Crippen LogP contribution in [-0.2, 0) is 9.59 Å². The first kappa shape index (κ1) is 9.38. The first-order valence-electron chi connectivity index (χ1n) is 3.67. The SMILES string of the molecule is CC1CC(NC=O)(C(=O)O)CS1. The monoisotopic (exact) mass is 189 g/mol. The van der Waals surface area contributed by atoms with Crippen LogP contribution in [0.5, 0.6) is 0 Å². The summed E-state index contributed by atoms with van der Waals surface area (Å²) in [6, 6.07) is 0. The number of aliphatic carboxylic acids is 1. The number of carbonyl (C=O) groups is 2. The summed E-state index contributed by atoms with van der Waals surface area (Å²) in [5.41, 5.74) is -1.02. The predicted molar refractivity (Wildman–Crippen MR) is 46.1 cm³/mol. The highest BCUT2D eigenvalue weighted by Gasteiger charge is 2.44. The Kier molecular flexibility index (Phi) is 2.62. The van der Waals surface area contributed by atoms with Gasteiger partial charge in [-0.1, -0.05) is 6.92 Å². The molecule has 1 fully saturated rings. The molecule has 1 aliphatic rings. The summed E-state index contributed by atoms with van der Waals surface area (Å²) in [6.45, 7) is 1.96. The molecule has 1 amide bonds. The lowest BCUT2D eigenvalue weighted by molar-refractivity contribution is -0.145. The van der Waals surface area contributed by atoms with E-state index in [1.807, 2.05) is 6.92 Å². The van der Waals surface area contributed by atoms with Gasteiger partial charge in [-0.15, -0.1) is 0 Å². The van der Waals surface area contributed by atoms with Gasteiger partial charge in [0.1, 0.15) is 5.54 Å². The van der Waals surface area contributed by atoms with Crippen molar-refractivity contribution in [2.24, 2.45) is 0 Å². The van der Waals surface area contributed by atoms with Gasteiger partial charge in [-0.2, -0.15) is 11.8 Å². The zero-order chi connectivity index (χ0) is 9.19. The van der Waals surface area contributed by atoms with E-state index in [2.05, 4.69) is 5.32 Å². The summed E-state index contributed by atoms with van der Waals surface area (Å²) in [5.74, 6) is -0.478. The summed E-state index contributed by atoms with van der Waals surface area (Å²) in [7, 11) is 0. The highest BCUT2D eigenvalue weighted by atomic mass is 32.2. The molecule has 1 aliphatic heterocycles. The third kappa shape index (κ3) is 1.55. The number of rotatable bonds is 3.